The molecule has 0 amide bonds. The van der Waals surface area contributed by atoms with E-state index in [0.717, 1.165) is 0 Å². The molecule has 4 heteroatoms. The lowest BCUT2D eigenvalue weighted by atomic mass is 9.86. The minimum absolute atomic E-state index is 0.401. The molecule has 3 rings (SSSR count). The maximum atomic E-state index is 5.77. The molecule has 3 N–H and O–H groups in total. The summed E-state index contributed by atoms with van der Waals surface area (Å²) >= 11 is 0. The third-order valence-electron chi connectivity index (χ3n) is 4.21. The van der Waals surface area contributed by atoms with Gasteiger partial charge >= 0.3 is 0 Å². The first-order valence-corrected chi connectivity index (χ1v) is 6.92. The van der Waals surface area contributed by atoms with Crippen LogP contribution >= 0.6 is 0 Å². The maximum absolute atomic E-state index is 5.77. The summed E-state index contributed by atoms with van der Waals surface area (Å²) in [5.74, 6) is 5.77. The second kappa shape index (κ2) is 5.22. The van der Waals surface area contributed by atoms with Crippen LogP contribution in [0.25, 0.3) is 0 Å². The smallest absolute Gasteiger partial charge is 0.0391 e. The minimum atomic E-state index is 0.401. The second-order valence-electron chi connectivity index (χ2n) is 6.78. The van der Waals surface area contributed by atoms with Gasteiger partial charge in [0.05, 0.1) is 0 Å². The monoisotopic (exact) mass is 240 g/mol. The highest BCUT2D eigenvalue weighted by Crippen LogP contribution is 2.25. The molecular formula is C13H28N4. The molecule has 17 heavy (non-hydrogen) atoms. The predicted octanol–water partition coefficient (Wildman–Crippen LogP) is 0.644. The van der Waals surface area contributed by atoms with Gasteiger partial charge in [0.2, 0.25) is 0 Å². The maximum Gasteiger partial charge on any atom is 0.0391 e. The molecule has 3 fully saturated rings. The Hall–Kier alpha value is -0.160. The van der Waals surface area contributed by atoms with E-state index in [1.54, 1.807) is 0 Å². The highest BCUT2D eigenvalue weighted by atomic mass is 15.4. The van der Waals surface area contributed by atoms with Gasteiger partial charge in [-0.2, -0.15) is 0 Å². The summed E-state index contributed by atoms with van der Waals surface area (Å²) in [6.45, 7) is 13.0. The van der Waals surface area contributed by atoms with Crippen LogP contribution in [0.15, 0.2) is 0 Å². The average Bonchev–Trinajstić information content (AvgIpc) is 2.30. The number of hydrazine groups is 1. The summed E-state index contributed by atoms with van der Waals surface area (Å²) < 4.78 is 0. The Balaban J connectivity index is 1.89. The van der Waals surface area contributed by atoms with Gasteiger partial charge in [-0.15, -0.1) is 0 Å². The molecule has 100 valence electrons. The Bertz CT molecular complexity index is 240. The number of rotatable bonds is 4. The SMILES string of the molecule is CC(C)(C)CCC(NN)C1CN2CCN1CC2. The number of nitrogens with zero attached hydrogens (tertiary/aromatic N) is 2. The molecule has 0 spiro atoms. The first kappa shape index (κ1) is 13.3. The van der Waals surface area contributed by atoms with Gasteiger partial charge < -0.3 is 0 Å². The van der Waals surface area contributed by atoms with Crippen LogP contribution in [0.1, 0.15) is 33.6 Å². The van der Waals surface area contributed by atoms with Gasteiger partial charge in [-0.1, -0.05) is 20.8 Å². The van der Waals surface area contributed by atoms with Gasteiger partial charge in [-0.3, -0.25) is 21.1 Å². The fraction of sp³-hybridized carbons (Fsp3) is 1.00. The van der Waals surface area contributed by atoms with Crippen molar-refractivity contribution < 1.29 is 0 Å². The highest BCUT2D eigenvalue weighted by molar-refractivity contribution is 4.94. The van der Waals surface area contributed by atoms with Crippen LogP contribution in [0, 0.1) is 5.41 Å². The Morgan fingerprint density at radius 2 is 1.88 bits per heavy atom. The zero-order valence-electron chi connectivity index (χ0n) is 11.6. The molecular weight excluding hydrogens is 212 g/mol. The van der Waals surface area contributed by atoms with E-state index in [-0.39, 0.29) is 0 Å². The third-order valence-corrected chi connectivity index (χ3v) is 4.21. The van der Waals surface area contributed by atoms with E-state index >= 15 is 0 Å². The third kappa shape index (κ3) is 3.41. The number of hydrogen-bond donors (Lipinski definition) is 2. The summed E-state index contributed by atoms with van der Waals surface area (Å²) in [7, 11) is 0. The van der Waals surface area contributed by atoms with E-state index in [4.69, 9.17) is 5.84 Å². The molecule has 2 bridgehead atoms. The number of nitrogens with two attached hydrogens (primary N) is 1. The summed E-state index contributed by atoms with van der Waals surface area (Å²) in [5, 5.41) is 0. The van der Waals surface area contributed by atoms with Crippen LogP contribution in [0.2, 0.25) is 0 Å². The topological polar surface area (TPSA) is 44.5 Å². The Morgan fingerprint density at radius 3 is 2.29 bits per heavy atom. The molecule has 3 aliphatic heterocycles. The lowest BCUT2D eigenvalue weighted by molar-refractivity contribution is -0.00595. The molecule has 2 atom stereocenters. The van der Waals surface area contributed by atoms with Crippen LogP contribution < -0.4 is 11.3 Å². The standard InChI is InChI=1S/C13H28N4/c1-13(2,3)5-4-11(15-14)12-10-16-6-8-17(12)9-7-16/h11-12,15H,4-10,14H2,1-3H3. The average molecular weight is 240 g/mol. The van der Waals surface area contributed by atoms with Crippen molar-refractivity contribution in [2.24, 2.45) is 11.3 Å². The van der Waals surface area contributed by atoms with Gasteiger partial charge in [0.25, 0.3) is 0 Å². The summed E-state index contributed by atoms with van der Waals surface area (Å²) in [4.78, 5) is 5.19. The van der Waals surface area contributed by atoms with E-state index < -0.39 is 0 Å². The molecule has 3 heterocycles. The fourth-order valence-electron chi connectivity index (χ4n) is 3.01. The fourth-order valence-corrected chi connectivity index (χ4v) is 3.01. The van der Waals surface area contributed by atoms with E-state index in [9.17, 15) is 0 Å². The number of fused-ring (bicyclic) bond motifs is 3. The Morgan fingerprint density at radius 1 is 1.24 bits per heavy atom. The van der Waals surface area contributed by atoms with E-state index in [2.05, 4.69) is 36.0 Å². The van der Waals surface area contributed by atoms with Crippen LogP contribution in [0.4, 0.5) is 0 Å². The van der Waals surface area contributed by atoms with Crippen LogP contribution in [-0.4, -0.2) is 54.6 Å². The van der Waals surface area contributed by atoms with E-state index in [0.29, 0.717) is 17.5 Å². The van der Waals surface area contributed by atoms with Crippen LogP contribution in [0.5, 0.6) is 0 Å². The second-order valence-corrected chi connectivity index (χ2v) is 6.78. The molecule has 0 saturated carbocycles. The number of nitrogens with one attached hydrogen (secondary N) is 1. The molecule has 2 unspecified atom stereocenters. The van der Waals surface area contributed by atoms with E-state index in [1.807, 2.05) is 0 Å². The largest absolute Gasteiger partial charge is 0.299 e. The zero-order valence-corrected chi connectivity index (χ0v) is 11.6. The van der Waals surface area contributed by atoms with Gasteiger partial charge in [-0.05, 0) is 18.3 Å². The van der Waals surface area contributed by atoms with Crippen LogP contribution in [-0.2, 0) is 0 Å². The molecule has 0 radical (unpaired) electrons. The van der Waals surface area contributed by atoms with Crippen molar-refractivity contribution in [1.29, 1.82) is 0 Å². The molecule has 0 aromatic carbocycles. The number of hydrogen-bond acceptors (Lipinski definition) is 4. The predicted molar refractivity (Wildman–Crippen MR) is 71.6 cm³/mol. The molecule has 0 aliphatic carbocycles. The van der Waals surface area contributed by atoms with Crippen molar-refractivity contribution in [3.05, 3.63) is 0 Å². The van der Waals surface area contributed by atoms with Crippen molar-refractivity contribution in [2.75, 3.05) is 32.7 Å². The quantitative estimate of drug-likeness (QED) is 0.559. The summed E-state index contributed by atoms with van der Waals surface area (Å²) in [6.07, 6.45) is 2.40. The van der Waals surface area contributed by atoms with Crippen molar-refractivity contribution in [3.8, 4) is 0 Å². The van der Waals surface area contributed by atoms with Crippen molar-refractivity contribution in [3.63, 3.8) is 0 Å². The zero-order chi connectivity index (χ0) is 12.5. The summed E-state index contributed by atoms with van der Waals surface area (Å²) in [6, 6.07) is 1.06. The Labute approximate surface area is 105 Å². The minimum Gasteiger partial charge on any atom is -0.299 e. The Kier molecular flexibility index (Phi) is 4.08. The van der Waals surface area contributed by atoms with Crippen molar-refractivity contribution in [2.45, 2.75) is 45.7 Å². The van der Waals surface area contributed by atoms with Gasteiger partial charge in [-0.25, -0.2) is 0 Å². The molecule has 4 nitrogen and oxygen atoms in total. The summed E-state index contributed by atoms with van der Waals surface area (Å²) in [5.41, 5.74) is 3.46. The van der Waals surface area contributed by atoms with Gasteiger partial charge in [0.1, 0.15) is 0 Å². The highest BCUT2D eigenvalue weighted by Gasteiger charge is 2.36. The lowest BCUT2D eigenvalue weighted by Crippen LogP contribution is -2.67. The van der Waals surface area contributed by atoms with Crippen molar-refractivity contribution in [1.82, 2.24) is 15.2 Å². The van der Waals surface area contributed by atoms with Crippen molar-refractivity contribution >= 4 is 0 Å². The van der Waals surface area contributed by atoms with Gasteiger partial charge in [0, 0.05) is 44.8 Å². The lowest BCUT2D eigenvalue weighted by Gasteiger charge is -2.50. The molecule has 3 aliphatic rings. The molecule has 3 saturated heterocycles. The first-order chi connectivity index (χ1) is 7.99. The molecule has 0 aromatic rings. The number of piperazine rings is 3. The van der Waals surface area contributed by atoms with Gasteiger partial charge in [0.15, 0.2) is 0 Å². The normalized spacial score (nSPS) is 34.9. The van der Waals surface area contributed by atoms with E-state index in [1.165, 1.54) is 45.6 Å². The first-order valence-electron chi connectivity index (χ1n) is 6.92. The van der Waals surface area contributed by atoms with Crippen LogP contribution in [0.3, 0.4) is 0 Å². The molecule has 0 aromatic heterocycles.